The molecule has 4 nitrogen and oxygen atoms in total. The first-order valence-electron chi connectivity index (χ1n) is 5.92. The van der Waals surface area contributed by atoms with Gasteiger partial charge in [0.15, 0.2) is 0 Å². The largest absolute Gasteiger partial charge is 0.368 e. The highest BCUT2D eigenvalue weighted by Crippen LogP contribution is 2.19. The van der Waals surface area contributed by atoms with Crippen molar-refractivity contribution in [1.82, 2.24) is 15.3 Å². The lowest BCUT2D eigenvalue weighted by Crippen LogP contribution is -2.22. The van der Waals surface area contributed by atoms with E-state index in [-0.39, 0.29) is 0 Å². The van der Waals surface area contributed by atoms with Crippen LogP contribution in [0.3, 0.4) is 0 Å². The van der Waals surface area contributed by atoms with Crippen molar-refractivity contribution in [2.24, 2.45) is 0 Å². The molecule has 0 radical (unpaired) electrons. The molecule has 1 rings (SSSR count). The summed E-state index contributed by atoms with van der Waals surface area (Å²) >= 11 is 0. The van der Waals surface area contributed by atoms with E-state index < -0.39 is 0 Å². The second-order valence-corrected chi connectivity index (χ2v) is 4.41. The van der Waals surface area contributed by atoms with Gasteiger partial charge < -0.3 is 10.2 Å². The van der Waals surface area contributed by atoms with Gasteiger partial charge in [-0.1, -0.05) is 19.9 Å². The Morgan fingerprint density at radius 3 is 2.76 bits per heavy atom. The molecule has 0 bridgehead atoms. The highest BCUT2D eigenvalue weighted by molar-refractivity contribution is 5.49. The van der Waals surface area contributed by atoms with Crippen LogP contribution in [-0.4, -0.2) is 30.6 Å². The van der Waals surface area contributed by atoms with Gasteiger partial charge in [0.2, 0.25) is 0 Å². The van der Waals surface area contributed by atoms with Crippen molar-refractivity contribution in [2.75, 3.05) is 25.5 Å². The summed E-state index contributed by atoms with van der Waals surface area (Å²) in [6.45, 7) is 9.50. The van der Waals surface area contributed by atoms with Gasteiger partial charge >= 0.3 is 0 Å². The molecule has 0 aliphatic heterocycles. The van der Waals surface area contributed by atoms with Crippen molar-refractivity contribution in [3.05, 3.63) is 30.4 Å². The van der Waals surface area contributed by atoms with Crippen LogP contribution in [0.25, 0.3) is 0 Å². The van der Waals surface area contributed by atoms with E-state index in [0.717, 1.165) is 30.3 Å². The van der Waals surface area contributed by atoms with Crippen LogP contribution in [0.1, 0.15) is 31.3 Å². The molecule has 0 atom stereocenters. The molecule has 1 N–H and O–H groups in total. The molecule has 1 aromatic heterocycles. The normalized spacial score (nSPS) is 10.6. The number of nitrogens with zero attached hydrogens (tertiary/aromatic N) is 3. The molecule has 94 valence electrons. The van der Waals surface area contributed by atoms with E-state index in [1.807, 2.05) is 26.4 Å². The van der Waals surface area contributed by atoms with E-state index in [2.05, 4.69) is 40.6 Å². The summed E-state index contributed by atoms with van der Waals surface area (Å²) in [6.07, 6.45) is 3.78. The zero-order valence-corrected chi connectivity index (χ0v) is 11.2. The predicted octanol–water partition coefficient (Wildman–Crippen LogP) is 1.94. The molecule has 0 amide bonds. The smallest absolute Gasteiger partial charge is 0.131 e. The number of hydrogen-bond donors (Lipinski definition) is 1. The Hall–Kier alpha value is -1.42. The molecule has 0 aromatic carbocycles. The van der Waals surface area contributed by atoms with E-state index in [9.17, 15) is 0 Å². The third-order valence-electron chi connectivity index (χ3n) is 2.54. The average Bonchev–Trinajstić information content (AvgIpc) is 2.29. The topological polar surface area (TPSA) is 41.1 Å². The SMILES string of the molecule is C=CCN(C)c1cnc(C(C)C)nc1CNC. The molecule has 0 aliphatic rings. The van der Waals surface area contributed by atoms with Crippen molar-refractivity contribution in [3.8, 4) is 0 Å². The molecule has 0 fully saturated rings. The maximum Gasteiger partial charge on any atom is 0.131 e. The summed E-state index contributed by atoms with van der Waals surface area (Å²) in [4.78, 5) is 11.1. The minimum Gasteiger partial charge on any atom is -0.368 e. The van der Waals surface area contributed by atoms with Crippen LogP contribution >= 0.6 is 0 Å². The van der Waals surface area contributed by atoms with Gasteiger partial charge in [0.25, 0.3) is 0 Å². The molecule has 0 aliphatic carbocycles. The van der Waals surface area contributed by atoms with E-state index in [1.54, 1.807) is 0 Å². The van der Waals surface area contributed by atoms with Crippen molar-refractivity contribution in [1.29, 1.82) is 0 Å². The second kappa shape index (κ2) is 6.35. The van der Waals surface area contributed by atoms with Gasteiger partial charge in [-0.3, -0.25) is 0 Å². The molecule has 4 heteroatoms. The van der Waals surface area contributed by atoms with E-state index in [4.69, 9.17) is 0 Å². The number of aromatic nitrogens is 2. The lowest BCUT2D eigenvalue weighted by molar-refractivity contribution is 0.722. The van der Waals surface area contributed by atoms with E-state index >= 15 is 0 Å². The van der Waals surface area contributed by atoms with Crippen LogP contribution in [0.15, 0.2) is 18.9 Å². The first-order valence-corrected chi connectivity index (χ1v) is 5.92. The van der Waals surface area contributed by atoms with Crippen molar-refractivity contribution < 1.29 is 0 Å². The zero-order valence-electron chi connectivity index (χ0n) is 11.2. The molecule has 1 aromatic rings. The van der Waals surface area contributed by atoms with Crippen molar-refractivity contribution >= 4 is 5.69 Å². The van der Waals surface area contributed by atoms with Crippen LogP contribution in [0.2, 0.25) is 0 Å². The summed E-state index contributed by atoms with van der Waals surface area (Å²) in [5, 5.41) is 3.14. The minimum atomic E-state index is 0.351. The van der Waals surface area contributed by atoms with Crippen LogP contribution in [0, 0.1) is 0 Å². The van der Waals surface area contributed by atoms with Gasteiger partial charge in [0.05, 0.1) is 17.6 Å². The van der Waals surface area contributed by atoms with E-state index in [1.165, 1.54) is 0 Å². The van der Waals surface area contributed by atoms with Crippen LogP contribution in [0.4, 0.5) is 5.69 Å². The minimum absolute atomic E-state index is 0.351. The molecule has 0 saturated carbocycles. The van der Waals surface area contributed by atoms with Crippen LogP contribution in [0.5, 0.6) is 0 Å². The number of rotatable bonds is 6. The van der Waals surface area contributed by atoms with Gasteiger partial charge in [-0.2, -0.15) is 0 Å². The Balaban J connectivity index is 3.07. The summed E-state index contributed by atoms with van der Waals surface area (Å²) in [5.74, 6) is 1.25. The van der Waals surface area contributed by atoms with Gasteiger partial charge in [-0.25, -0.2) is 9.97 Å². The molecule has 0 saturated heterocycles. The lowest BCUT2D eigenvalue weighted by atomic mass is 10.2. The molecule has 17 heavy (non-hydrogen) atoms. The maximum absolute atomic E-state index is 4.62. The monoisotopic (exact) mass is 234 g/mol. The van der Waals surface area contributed by atoms with Crippen LogP contribution < -0.4 is 10.2 Å². The molecular weight excluding hydrogens is 212 g/mol. The summed E-state index contributed by atoms with van der Waals surface area (Å²) in [7, 11) is 3.95. The van der Waals surface area contributed by atoms with Crippen LogP contribution in [-0.2, 0) is 6.54 Å². The summed E-state index contributed by atoms with van der Waals surface area (Å²) < 4.78 is 0. The highest BCUT2D eigenvalue weighted by atomic mass is 15.1. The van der Waals surface area contributed by atoms with Gasteiger partial charge in [-0.05, 0) is 7.05 Å². The Morgan fingerprint density at radius 2 is 2.24 bits per heavy atom. The Bertz CT molecular complexity index is 374. The van der Waals surface area contributed by atoms with Gasteiger partial charge in [-0.15, -0.1) is 6.58 Å². The average molecular weight is 234 g/mol. The Labute approximate surface area is 104 Å². The zero-order chi connectivity index (χ0) is 12.8. The van der Waals surface area contributed by atoms with Gasteiger partial charge in [0, 0.05) is 26.1 Å². The number of nitrogens with one attached hydrogen (secondary N) is 1. The first-order chi connectivity index (χ1) is 8.10. The standard InChI is InChI=1S/C13H22N4/c1-6-7-17(5)12-9-15-13(10(2)3)16-11(12)8-14-4/h6,9-10,14H,1,7-8H2,2-5H3. The Kier molecular flexibility index (Phi) is 5.10. The quantitative estimate of drug-likeness (QED) is 0.764. The predicted molar refractivity (Wildman–Crippen MR) is 72.4 cm³/mol. The number of likely N-dealkylation sites (N-methyl/N-ethyl adjacent to an activating group) is 1. The fraction of sp³-hybridized carbons (Fsp3) is 0.538. The fourth-order valence-corrected chi connectivity index (χ4v) is 1.61. The summed E-state index contributed by atoms with van der Waals surface area (Å²) in [5.41, 5.74) is 2.10. The molecule has 0 unspecified atom stereocenters. The number of anilines is 1. The highest BCUT2D eigenvalue weighted by Gasteiger charge is 2.11. The number of hydrogen-bond acceptors (Lipinski definition) is 4. The van der Waals surface area contributed by atoms with Gasteiger partial charge in [0.1, 0.15) is 5.82 Å². The second-order valence-electron chi connectivity index (χ2n) is 4.41. The lowest BCUT2D eigenvalue weighted by Gasteiger charge is -2.20. The van der Waals surface area contributed by atoms with E-state index in [0.29, 0.717) is 5.92 Å². The summed E-state index contributed by atoms with van der Waals surface area (Å²) in [6, 6.07) is 0. The maximum atomic E-state index is 4.62. The van der Waals surface area contributed by atoms with Crippen molar-refractivity contribution in [2.45, 2.75) is 26.3 Å². The third kappa shape index (κ3) is 3.53. The molecule has 0 spiro atoms. The molecule has 1 heterocycles. The third-order valence-corrected chi connectivity index (χ3v) is 2.54. The molecular formula is C13H22N4. The first kappa shape index (κ1) is 13.6. The van der Waals surface area contributed by atoms with Crippen molar-refractivity contribution in [3.63, 3.8) is 0 Å². The fourth-order valence-electron chi connectivity index (χ4n) is 1.61. The Morgan fingerprint density at radius 1 is 1.53 bits per heavy atom.